The number of aryl methyl sites for hydroxylation is 2. The quantitative estimate of drug-likeness (QED) is 0.0720. The molecule has 0 bridgehead atoms. The van der Waals surface area contributed by atoms with Crippen LogP contribution >= 0.6 is 22.7 Å². The number of carbonyl (C=O) groups is 2. The van der Waals surface area contributed by atoms with Crippen molar-refractivity contribution in [3.63, 3.8) is 0 Å². The van der Waals surface area contributed by atoms with Crippen molar-refractivity contribution in [1.29, 1.82) is 0 Å². The Balaban J connectivity index is 0.902. The Kier molecular flexibility index (Phi) is 14.8. The molecule has 6 aromatic rings. The van der Waals surface area contributed by atoms with E-state index in [-0.39, 0.29) is 73.4 Å². The van der Waals surface area contributed by atoms with Gasteiger partial charge in [0.05, 0.1) is 51.2 Å². The average molecular weight is 1110 g/mol. The summed E-state index contributed by atoms with van der Waals surface area (Å²) in [5.74, 6) is -4.11. The fourth-order valence-electron chi connectivity index (χ4n) is 10.4. The molecule has 402 valence electrons. The fourth-order valence-corrected chi connectivity index (χ4v) is 12.4. The summed E-state index contributed by atoms with van der Waals surface area (Å²) < 4.78 is 145. The highest BCUT2D eigenvalue weighted by atomic mass is 32.1. The third kappa shape index (κ3) is 10.7. The molecule has 2 aromatic carbocycles. The first kappa shape index (κ1) is 53.0. The topological polar surface area (TPSA) is 145 Å². The van der Waals surface area contributed by atoms with Crippen LogP contribution < -0.4 is 0 Å². The fraction of sp³-hybridized carbons (Fsp3) is 0.440. The zero-order chi connectivity index (χ0) is 53.8. The van der Waals surface area contributed by atoms with Crippen LogP contribution in [0.15, 0.2) is 69.6 Å². The number of hydrogen-bond acceptors (Lipinski definition) is 14. The summed E-state index contributed by atoms with van der Waals surface area (Å²) in [5, 5.41) is 20.6. The Hall–Kier alpha value is -6.38. The maximum atomic E-state index is 15.7. The van der Waals surface area contributed by atoms with Gasteiger partial charge in [-0.1, -0.05) is 22.4 Å². The van der Waals surface area contributed by atoms with E-state index in [1.807, 2.05) is 0 Å². The van der Waals surface area contributed by atoms with Gasteiger partial charge in [-0.3, -0.25) is 24.0 Å². The minimum absolute atomic E-state index is 0.0512. The maximum absolute atomic E-state index is 15.7. The van der Waals surface area contributed by atoms with Gasteiger partial charge in [0, 0.05) is 46.8 Å². The number of Topliss-reactive ketones (excluding diaryl/α,β-unsaturated/α-hetero) is 1. The van der Waals surface area contributed by atoms with Gasteiger partial charge in [-0.2, -0.15) is 36.5 Å². The molecule has 4 aromatic heterocycles. The van der Waals surface area contributed by atoms with Crippen LogP contribution in [-0.2, 0) is 38.2 Å². The van der Waals surface area contributed by atoms with Crippen molar-refractivity contribution in [2.45, 2.75) is 113 Å². The average Bonchev–Trinajstić information content (AvgIpc) is 4.27. The maximum Gasteiger partial charge on any atom is 0.435 e. The van der Waals surface area contributed by atoms with Crippen LogP contribution in [0.2, 0.25) is 0 Å². The number of piperidine rings is 2. The molecule has 4 unspecified atom stereocenters. The molecule has 2 saturated heterocycles. The minimum Gasteiger partial charge on any atom is -0.387 e. The normalized spacial score (nSPS) is 20.5. The van der Waals surface area contributed by atoms with Gasteiger partial charge in [0.1, 0.15) is 47.0 Å². The second-order valence-electron chi connectivity index (χ2n) is 19.2. The molecule has 5 atom stereocenters. The van der Waals surface area contributed by atoms with Crippen molar-refractivity contribution < 1.29 is 63.2 Å². The van der Waals surface area contributed by atoms with Gasteiger partial charge >= 0.3 is 12.4 Å². The van der Waals surface area contributed by atoms with Crippen molar-refractivity contribution in [2.24, 2.45) is 10.3 Å². The van der Waals surface area contributed by atoms with Gasteiger partial charge in [0.15, 0.2) is 29.4 Å². The standard InChI is InChI=1S/C50H46F10N10O4S2/c1-25-17-41(49(55,56)57)63-69(25)21-37(67-13-9-27(10-14-67)47-61-35(23-75-47)33-19-39(73-65-33)43-29(51)5-3-6-30(43)52)46(72)45(38(22-71)70-26(2)18-42(64-70)50(58,59)60)68-15-11-28(12-16-68)48-62-36(24-76-48)34-20-40(74-66-34)44-31(53)7-4-8-32(44)54/h3-8,17-18,22-24,27-28,37-40,45H,9-16,19-21H2,1-2H3/t37?,38?,39-,40?,45?/m0/s1. The molecule has 0 amide bonds. The second-order valence-corrected chi connectivity index (χ2v) is 20.9. The zero-order valence-corrected chi connectivity index (χ0v) is 42.0. The third-order valence-electron chi connectivity index (χ3n) is 14.4. The number of likely N-dealkylation sites (tertiary alicyclic amines) is 2. The van der Waals surface area contributed by atoms with E-state index in [4.69, 9.17) is 19.6 Å². The van der Waals surface area contributed by atoms with Crippen LogP contribution in [0.3, 0.4) is 0 Å². The molecule has 10 rings (SSSR count). The first-order valence-electron chi connectivity index (χ1n) is 24.2. The minimum atomic E-state index is -4.90. The number of alkyl halides is 6. The SMILES string of the molecule is Cc1cc(C(F)(F)F)nn1CC(C(=O)C(C(C=O)n1nc(C(F)(F)F)cc1C)N1CCC(c2nc(C3=NOC(c4c(F)cccc4F)C3)cs2)CC1)N1CCC(c2nc(C3=NO[C@H](c4c(F)cccc4F)C3)cs2)CC1. The number of nitrogens with zero attached hydrogens (tertiary/aromatic N) is 10. The lowest BCUT2D eigenvalue weighted by molar-refractivity contribution is -0.142. The van der Waals surface area contributed by atoms with Gasteiger partial charge in [0.25, 0.3) is 0 Å². The molecule has 0 N–H and O–H groups in total. The highest BCUT2D eigenvalue weighted by molar-refractivity contribution is 7.10. The molecule has 14 nitrogen and oxygen atoms in total. The first-order valence-corrected chi connectivity index (χ1v) is 26.0. The number of rotatable bonds is 15. The van der Waals surface area contributed by atoms with Crippen LogP contribution in [0.5, 0.6) is 0 Å². The van der Waals surface area contributed by atoms with E-state index in [9.17, 15) is 48.7 Å². The van der Waals surface area contributed by atoms with Crippen LogP contribution in [0.25, 0.3) is 0 Å². The van der Waals surface area contributed by atoms with Gasteiger partial charge in [-0.05, 0) is 102 Å². The summed E-state index contributed by atoms with van der Waals surface area (Å²) >= 11 is 2.65. The summed E-state index contributed by atoms with van der Waals surface area (Å²) in [6.45, 7) is 3.02. The van der Waals surface area contributed by atoms with Crippen molar-refractivity contribution in [3.8, 4) is 0 Å². The number of ketones is 1. The van der Waals surface area contributed by atoms with E-state index in [0.717, 1.165) is 45.8 Å². The van der Waals surface area contributed by atoms with Crippen LogP contribution in [0, 0.1) is 37.1 Å². The molecule has 0 radical (unpaired) electrons. The van der Waals surface area contributed by atoms with E-state index in [2.05, 4.69) is 20.5 Å². The molecular formula is C50H46F10N10O4S2. The van der Waals surface area contributed by atoms with Gasteiger partial charge in [-0.25, -0.2) is 27.5 Å². The Labute approximate surface area is 435 Å². The predicted octanol–water partition coefficient (Wildman–Crippen LogP) is 10.4. The molecular weight excluding hydrogens is 1060 g/mol. The van der Waals surface area contributed by atoms with Crippen LogP contribution in [-0.4, -0.2) is 101 Å². The number of halogens is 10. The molecule has 4 aliphatic heterocycles. The molecule has 8 heterocycles. The number of aromatic nitrogens is 6. The van der Waals surface area contributed by atoms with Gasteiger partial charge < -0.3 is 14.5 Å². The molecule has 0 aliphatic carbocycles. The third-order valence-corrected chi connectivity index (χ3v) is 16.4. The largest absolute Gasteiger partial charge is 0.435 e. The number of carbonyl (C=O) groups excluding carboxylic acids is 2. The summed E-state index contributed by atoms with van der Waals surface area (Å²) in [6, 6.07) is 4.27. The molecule has 0 spiro atoms. The lowest BCUT2D eigenvalue weighted by Crippen LogP contribution is -2.58. The Morgan fingerprint density at radius 3 is 1.57 bits per heavy atom. The lowest BCUT2D eigenvalue weighted by atomic mass is 9.89. The van der Waals surface area contributed by atoms with Gasteiger partial charge in [0.2, 0.25) is 0 Å². The number of oxime groups is 2. The number of aldehydes is 1. The smallest absolute Gasteiger partial charge is 0.387 e. The Morgan fingerprint density at radius 1 is 0.684 bits per heavy atom. The molecule has 2 fully saturated rings. The molecule has 0 saturated carbocycles. The van der Waals surface area contributed by atoms with Crippen LogP contribution in [0.1, 0.15) is 124 Å². The summed E-state index contributed by atoms with van der Waals surface area (Å²) in [7, 11) is 0. The van der Waals surface area contributed by atoms with E-state index in [0.29, 0.717) is 64.8 Å². The van der Waals surface area contributed by atoms with Crippen molar-refractivity contribution in [3.05, 3.63) is 138 Å². The molecule has 26 heteroatoms. The number of benzene rings is 2. The summed E-state index contributed by atoms with van der Waals surface area (Å²) in [5.41, 5.74) is -1.28. The second kappa shape index (κ2) is 21.2. The lowest BCUT2D eigenvalue weighted by Gasteiger charge is -2.43. The Bertz CT molecular complexity index is 3150. The number of thiazole rings is 2. The van der Waals surface area contributed by atoms with Crippen molar-refractivity contribution >= 4 is 46.2 Å². The summed E-state index contributed by atoms with van der Waals surface area (Å²) in [6.07, 6.45) is -9.72. The Morgan fingerprint density at radius 2 is 1.13 bits per heavy atom. The monoisotopic (exact) mass is 1100 g/mol. The molecule has 4 aliphatic rings. The highest BCUT2D eigenvalue weighted by Gasteiger charge is 2.46. The molecule has 76 heavy (non-hydrogen) atoms. The van der Waals surface area contributed by atoms with E-state index in [1.54, 1.807) is 20.6 Å². The predicted molar refractivity (Wildman–Crippen MR) is 256 cm³/mol. The first-order chi connectivity index (χ1) is 36.2. The highest BCUT2D eigenvalue weighted by Crippen LogP contribution is 2.40. The van der Waals surface area contributed by atoms with E-state index >= 15 is 4.79 Å². The zero-order valence-electron chi connectivity index (χ0n) is 40.4. The van der Waals surface area contributed by atoms with E-state index < -0.39 is 89.7 Å². The van der Waals surface area contributed by atoms with Crippen molar-refractivity contribution in [1.82, 2.24) is 39.3 Å². The number of hydrogen-bond donors (Lipinski definition) is 0. The van der Waals surface area contributed by atoms with Crippen molar-refractivity contribution in [2.75, 3.05) is 26.2 Å². The summed E-state index contributed by atoms with van der Waals surface area (Å²) in [4.78, 5) is 53.0. The van der Waals surface area contributed by atoms with E-state index in [1.165, 1.54) is 48.7 Å². The van der Waals surface area contributed by atoms with Gasteiger partial charge in [-0.15, -0.1) is 22.7 Å². The van der Waals surface area contributed by atoms with Crippen LogP contribution in [0.4, 0.5) is 43.9 Å².